The second kappa shape index (κ2) is 7.32. The molecular formula is C12H14N3O3S-. The molecule has 0 aliphatic carbocycles. The van der Waals surface area contributed by atoms with Gasteiger partial charge >= 0.3 is 0 Å². The molecule has 0 unspecified atom stereocenters. The van der Waals surface area contributed by atoms with Gasteiger partial charge in [0.2, 0.25) is 5.91 Å². The number of hydrogen-bond acceptors (Lipinski definition) is 4. The highest BCUT2D eigenvalue weighted by atomic mass is 32.1. The van der Waals surface area contributed by atoms with Crippen molar-refractivity contribution >= 4 is 34.9 Å². The Hall–Kier alpha value is -2.15. The molecule has 1 aromatic carbocycles. The lowest BCUT2D eigenvalue weighted by Crippen LogP contribution is -2.44. The minimum Gasteiger partial charge on any atom is -0.550 e. The summed E-state index contributed by atoms with van der Waals surface area (Å²) < 4.78 is 0. The molecule has 19 heavy (non-hydrogen) atoms. The molecule has 0 fully saturated rings. The molecular weight excluding hydrogens is 266 g/mol. The zero-order valence-electron chi connectivity index (χ0n) is 10.4. The molecule has 1 amide bonds. The van der Waals surface area contributed by atoms with Crippen LogP contribution in [0.2, 0.25) is 0 Å². The maximum Gasteiger partial charge on any atom is 0.238 e. The molecule has 6 nitrogen and oxygen atoms in total. The van der Waals surface area contributed by atoms with Crippen molar-refractivity contribution in [1.29, 1.82) is 0 Å². The second-order valence-electron chi connectivity index (χ2n) is 3.87. The Kier molecular flexibility index (Phi) is 5.74. The van der Waals surface area contributed by atoms with Gasteiger partial charge in [-0.25, -0.2) is 0 Å². The summed E-state index contributed by atoms with van der Waals surface area (Å²) in [6.07, 6.45) is -0.492. The van der Waals surface area contributed by atoms with E-state index < -0.39 is 11.9 Å². The normalized spacial score (nSPS) is 9.53. The molecule has 0 aliphatic rings. The van der Waals surface area contributed by atoms with E-state index in [1.165, 1.54) is 0 Å². The maximum absolute atomic E-state index is 11.2. The number of aryl methyl sites for hydroxylation is 1. The molecule has 0 bridgehead atoms. The number of rotatable bonds is 4. The van der Waals surface area contributed by atoms with E-state index >= 15 is 0 Å². The average molecular weight is 280 g/mol. The van der Waals surface area contributed by atoms with Crippen LogP contribution in [0.4, 0.5) is 5.69 Å². The number of hydrazine groups is 1. The lowest BCUT2D eigenvalue weighted by molar-refractivity contribution is -0.305. The quantitative estimate of drug-likeness (QED) is 0.524. The first-order valence-corrected chi connectivity index (χ1v) is 6.00. The number of hydrogen-bond donors (Lipinski definition) is 3. The Morgan fingerprint density at radius 3 is 2.37 bits per heavy atom. The summed E-state index contributed by atoms with van der Waals surface area (Å²) in [6, 6.07) is 7.54. The molecule has 7 heteroatoms. The summed E-state index contributed by atoms with van der Waals surface area (Å²) in [6.45, 7) is 1.97. The number of amides is 1. The summed E-state index contributed by atoms with van der Waals surface area (Å²) in [7, 11) is 0. The zero-order chi connectivity index (χ0) is 14.3. The van der Waals surface area contributed by atoms with E-state index in [2.05, 4.69) is 16.2 Å². The van der Waals surface area contributed by atoms with Crippen LogP contribution in [0.25, 0.3) is 0 Å². The SMILES string of the molecule is Cc1ccc(NC(=S)NNC(=O)CCC(=O)[O-])cc1. The third-order valence-corrected chi connectivity index (χ3v) is 2.39. The van der Waals surface area contributed by atoms with Gasteiger partial charge in [0, 0.05) is 18.1 Å². The van der Waals surface area contributed by atoms with Crippen LogP contribution in [0.1, 0.15) is 18.4 Å². The van der Waals surface area contributed by atoms with E-state index in [9.17, 15) is 14.7 Å². The van der Waals surface area contributed by atoms with E-state index in [0.29, 0.717) is 0 Å². The van der Waals surface area contributed by atoms with Gasteiger partial charge in [0.1, 0.15) is 0 Å². The van der Waals surface area contributed by atoms with Crippen LogP contribution in [0.15, 0.2) is 24.3 Å². The number of carboxylic acid groups (broad SMARTS) is 1. The van der Waals surface area contributed by atoms with Gasteiger partial charge in [-0.3, -0.25) is 15.6 Å². The van der Waals surface area contributed by atoms with Crippen molar-refractivity contribution < 1.29 is 14.7 Å². The van der Waals surface area contributed by atoms with Gasteiger partial charge in [0.05, 0.1) is 0 Å². The number of nitrogens with one attached hydrogen (secondary N) is 3. The van der Waals surface area contributed by atoms with Crippen LogP contribution in [-0.4, -0.2) is 17.0 Å². The van der Waals surface area contributed by atoms with Gasteiger partial charge < -0.3 is 15.2 Å². The largest absolute Gasteiger partial charge is 0.550 e. The molecule has 3 N–H and O–H groups in total. The fraction of sp³-hybridized carbons (Fsp3) is 0.250. The van der Waals surface area contributed by atoms with Crippen molar-refractivity contribution in [2.45, 2.75) is 19.8 Å². The molecule has 0 saturated carbocycles. The maximum atomic E-state index is 11.2. The topological polar surface area (TPSA) is 93.3 Å². The summed E-state index contributed by atoms with van der Waals surface area (Å²) in [4.78, 5) is 21.4. The highest BCUT2D eigenvalue weighted by molar-refractivity contribution is 7.80. The molecule has 0 spiro atoms. The van der Waals surface area contributed by atoms with E-state index in [-0.39, 0.29) is 18.0 Å². The molecule has 102 valence electrons. The van der Waals surface area contributed by atoms with Gasteiger partial charge in [-0.05, 0) is 37.7 Å². The standard InChI is InChI=1S/C12H15N3O3S/c1-8-2-4-9(5-3-8)13-12(19)15-14-10(16)6-7-11(17)18/h2-5H,6-7H2,1H3,(H,14,16)(H,17,18)(H2,13,15,19)/p-1. The molecule has 0 radical (unpaired) electrons. The number of carboxylic acids is 1. The number of carbonyl (C=O) groups is 2. The van der Waals surface area contributed by atoms with Crippen molar-refractivity contribution in [1.82, 2.24) is 10.9 Å². The first-order chi connectivity index (χ1) is 8.97. The first-order valence-electron chi connectivity index (χ1n) is 5.59. The molecule has 0 saturated heterocycles. The number of benzene rings is 1. The van der Waals surface area contributed by atoms with Gasteiger partial charge in [-0.15, -0.1) is 0 Å². The molecule has 0 aromatic heterocycles. The van der Waals surface area contributed by atoms with E-state index in [4.69, 9.17) is 12.2 Å². The van der Waals surface area contributed by atoms with Crippen molar-refractivity contribution in [3.63, 3.8) is 0 Å². The van der Waals surface area contributed by atoms with E-state index in [1.54, 1.807) is 0 Å². The van der Waals surface area contributed by atoms with Crippen LogP contribution < -0.4 is 21.3 Å². The minimum absolute atomic E-state index is 0.164. The number of aliphatic carboxylic acids is 1. The van der Waals surface area contributed by atoms with Crippen LogP contribution in [0, 0.1) is 6.92 Å². The van der Waals surface area contributed by atoms with Gasteiger partial charge in [0.25, 0.3) is 0 Å². The molecule has 0 heterocycles. The van der Waals surface area contributed by atoms with Crippen molar-refractivity contribution in [3.05, 3.63) is 29.8 Å². The average Bonchev–Trinajstić information content (AvgIpc) is 2.36. The third kappa shape index (κ3) is 6.37. The van der Waals surface area contributed by atoms with Crippen molar-refractivity contribution in [2.24, 2.45) is 0 Å². The fourth-order valence-corrected chi connectivity index (χ4v) is 1.37. The minimum atomic E-state index is -1.27. The van der Waals surface area contributed by atoms with Crippen LogP contribution >= 0.6 is 12.2 Å². The highest BCUT2D eigenvalue weighted by Crippen LogP contribution is 2.07. The van der Waals surface area contributed by atoms with Crippen molar-refractivity contribution in [2.75, 3.05) is 5.32 Å². The number of thiocarbonyl (C=S) groups is 1. The van der Waals surface area contributed by atoms with Crippen LogP contribution in [0.5, 0.6) is 0 Å². The Bertz CT molecular complexity index is 474. The van der Waals surface area contributed by atoms with Crippen LogP contribution in [-0.2, 0) is 9.59 Å². The lowest BCUT2D eigenvalue weighted by Gasteiger charge is -2.11. The predicted molar refractivity (Wildman–Crippen MR) is 72.9 cm³/mol. The number of carbonyl (C=O) groups excluding carboxylic acids is 2. The molecule has 1 aromatic rings. The third-order valence-electron chi connectivity index (χ3n) is 2.18. The summed E-state index contributed by atoms with van der Waals surface area (Å²) in [5, 5.41) is 13.2. The predicted octanol–water partition coefficient (Wildman–Crippen LogP) is -0.157. The molecule has 0 aliphatic heterocycles. The van der Waals surface area contributed by atoms with Gasteiger partial charge in [-0.2, -0.15) is 0 Å². The molecule has 0 atom stereocenters. The Morgan fingerprint density at radius 1 is 1.16 bits per heavy atom. The van der Waals surface area contributed by atoms with Gasteiger partial charge in [0.15, 0.2) is 5.11 Å². The Morgan fingerprint density at radius 2 is 1.79 bits per heavy atom. The summed E-state index contributed by atoms with van der Waals surface area (Å²) >= 11 is 4.96. The highest BCUT2D eigenvalue weighted by Gasteiger charge is 2.02. The number of anilines is 1. The summed E-state index contributed by atoms with van der Waals surface area (Å²) in [5.41, 5.74) is 6.67. The Labute approximate surface area is 116 Å². The monoisotopic (exact) mass is 280 g/mol. The fourth-order valence-electron chi connectivity index (χ4n) is 1.20. The Balaban J connectivity index is 2.29. The van der Waals surface area contributed by atoms with E-state index in [1.807, 2.05) is 31.2 Å². The molecule has 1 rings (SSSR count). The first kappa shape index (κ1) is 14.9. The van der Waals surface area contributed by atoms with E-state index in [0.717, 1.165) is 11.3 Å². The van der Waals surface area contributed by atoms with Crippen molar-refractivity contribution in [3.8, 4) is 0 Å². The lowest BCUT2D eigenvalue weighted by atomic mass is 10.2. The second-order valence-corrected chi connectivity index (χ2v) is 4.27. The zero-order valence-corrected chi connectivity index (χ0v) is 11.2. The van der Waals surface area contributed by atoms with Gasteiger partial charge in [-0.1, -0.05) is 17.7 Å². The smallest absolute Gasteiger partial charge is 0.238 e. The van der Waals surface area contributed by atoms with Crippen LogP contribution in [0.3, 0.4) is 0 Å². The summed E-state index contributed by atoms with van der Waals surface area (Å²) in [5.74, 6) is -1.74.